The van der Waals surface area contributed by atoms with Crippen LogP contribution in [0.4, 0.5) is 0 Å². The van der Waals surface area contributed by atoms with Gasteiger partial charge in [-0.3, -0.25) is 0 Å². The molecule has 4 aliphatic rings. The highest BCUT2D eigenvalue weighted by atomic mass is 16.5. The molecule has 6 atom stereocenters. The summed E-state index contributed by atoms with van der Waals surface area (Å²) in [4.78, 5) is 10.6. The smallest absolute Gasteiger partial charge is 0.160 e. The van der Waals surface area contributed by atoms with Gasteiger partial charge in [-0.2, -0.15) is 0 Å². The van der Waals surface area contributed by atoms with E-state index in [1.807, 2.05) is 12.1 Å². The minimum Gasteiger partial charge on any atom is -0.497 e. The molecule has 2 saturated carbocycles. The topological polar surface area (TPSA) is 55.2 Å². The summed E-state index contributed by atoms with van der Waals surface area (Å²) in [5.74, 6) is 3.60. The molecule has 4 aliphatic carbocycles. The number of aliphatic hydroxyl groups excluding tert-OH is 1. The third-order valence-electron chi connectivity index (χ3n) is 10.8. The molecular weight excluding hydrogens is 468 g/mol. The summed E-state index contributed by atoms with van der Waals surface area (Å²) < 4.78 is 5.45. The lowest BCUT2D eigenvalue weighted by Crippen LogP contribution is -2.51. The first-order chi connectivity index (χ1) is 18.4. The van der Waals surface area contributed by atoms with Gasteiger partial charge in [-0.05, 0) is 92.4 Å². The lowest BCUT2D eigenvalue weighted by atomic mass is 9.48. The monoisotopic (exact) mass is 506 g/mol. The lowest BCUT2D eigenvalue weighted by Gasteiger charge is -2.57. The molecule has 1 N–H and O–H groups in total. The maximum atomic E-state index is 10.4. The van der Waals surface area contributed by atoms with Crippen molar-refractivity contribution < 1.29 is 9.84 Å². The third kappa shape index (κ3) is 3.52. The van der Waals surface area contributed by atoms with E-state index in [1.54, 1.807) is 7.11 Å². The molecule has 1 aromatic heterocycles. The van der Waals surface area contributed by atoms with Crippen LogP contribution < -0.4 is 4.74 Å². The maximum Gasteiger partial charge on any atom is 0.160 e. The van der Waals surface area contributed by atoms with E-state index in [9.17, 15) is 5.11 Å². The van der Waals surface area contributed by atoms with Crippen molar-refractivity contribution in [2.75, 3.05) is 7.11 Å². The number of benzene rings is 2. The van der Waals surface area contributed by atoms with Crippen LogP contribution in [0, 0.1) is 23.2 Å². The fourth-order valence-corrected chi connectivity index (χ4v) is 8.71. The predicted octanol–water partition coefficient (Wildman–Crippen LogP) is 7.16. The average Bonchev–Trinajstić information content (AvgIpc) is 3.26. The molecule has 38 heavy (non-hydrogen) atoms. The number of methoxy groups -OCH3 is 1. The Labute approximate surface area is 226 Å². The number of hydrogen-bond donors (Lipinski definition) is 1. The largest absolute Gasteiger partial charge is 0.497 e. The average molecular weight is 507 g/mol. The second-order valence-electron chi connectivity index (χ2n) is 12.6. The Hall–Kier alpha value is -2.98. The van der Waals surface area contributed by atoms with Crippen LogP contribution in [0.2, 0.25) is 0 Å². The van der Waals surface area contributed by atoms with Gasteiger partial charge in [0.05, 0.1) is 24.6 Å². The van der Waals surface area contributed by atoms with Crippen LogP contribution >= 0.6 is 0 Å². The van der Waals surface area contributed by atoms with Crippen molar-refractivity contribution >= 4 is 0 Å². The Morgan fingerprint density at radius 1 is 0.842 bits per heavy atom. The van der Waals surface area contributed by atoms with E-state index in [4.69, 9.17) is 14.7 Å². The van der Waals surface area contributed by atoms with Crippen LogP contribution in [0.25, 0.3) is 22.6 Å². The number of ether oxygens (including phenoxy) is 1. The van der Waals surface area contributed by atoms with Crippen LogP contribution in [-0.4, -0.2) is 28.3 Å². The Kier molecular flexibility index (Phi) is 5.56. The van der Waals surface area contributed by atoms with E-state index in [0.717, 1.165) is 60.5 Å². The standard InChI is InChI=1S/C34H38N2O2/c1-33-17-15-24(37)19-23(33)11-14-26-28(33)16-18-34(2)29(26)20-27-30(21-9-12-25(38-3)13-10-21)35-32(36-31(27)34)22-7-5-4-6-8-22/h4-13,24,26,28-29,37H,14-20H2,1-3H3/t24-,26-,28-,29-,33-,34-/m0/s1. The molecule has 196 valence electrons. The number of nitrogens with zero attached hydrogens (tertiary/aromatic N) is 2. The van der Waals surface area contributed by atoms with Crippen molar-refractivity contribution in [3.8, 4) is 28.4 Å². The zero-order chi connectivity index (χ0) is 26.1. The van der Waals surface area contributed by atoms with Gasteiger partial charge < -0.3 is 9.84 Å². The van der Waals surface area contributed by atoms with Gasteiger partial charge in [-0.15, -0.1) is 0 Å². The second kappa shape index (κ2) is 8.77. The summed E-state index contributed by atoms with van der Waals surface area (Å²) in [5.41, 5.74) is 7.74. The predicted molar refractivity (Wildman–Crippen MR) is 151 cm³/mol. The molecule has 0 unspecified atom stereocenters. The Morgan fingerprint density at radius 3 is 2.37 bits per heavy atom. The number of fused-ring (bicyclic) bond motifs is 7. The van der Waals surface area contributed by atoms with Crippen molar-refractivity contribution in [3.63, 3.8) is 0 Å². The molecule has 0 radical (unpaired) electrons. The normalized spacial score (nSPS) is 33.4. The summed E-state index contributed by atoms with van der Waals surface area (Å²) >= 11 is 0. The minimum atomic E-state index is -0.158. The molecule has 4 nitrogen and oxygen atoms in total. The zero-order valence-electron chi connectivity index (χ0n) is 22.8. The number of rotatable bonds is 3. The van der Waals surface area contributed by atoms with Gasteiger partial charge in [0.15, 0.2) is 5.82 Å². The fourth-order valence-electron chi connectivity index (χ4n) is 8.71. The van der Waals surface area contributed by atoms with Gasteiger partial charge in [0, 0.05) is 22.1 Å². The van der Waals surface area contributed by atoms with E-state index in [1.165, 1.54) is 29.7 Å². The van der Waals surface area contributed by atoms with E-state index in [2.05, 4.69) is 62.4 Å². The Balaban J connectivity index is 1.35. The molecule has 0 spiro atoms. The highest BCUT2D eigenvalue weighted by molar-refractivity contribution is 5.70. The summed E-state index contributed by atoms with van der Waals surface area (Å²) in [6.45, 7) is 4.99. The third-order valence-corrected chi connectivity index (χ3v) is 10.8. The first-order valence-corrected chi connectivity index (χ1v) is 14.4. The molecular formula is C34H38N2O2. The van der Waals surface area contributed by atoms with Gasteiger partial charge in [-0.25, -0.2) is 9.97 Å². The number of hydrogen-bond acceptors (Lipinski definition) is 4. The molecule has 0 amide bonds. The molecule has 1 heterocycles. The fraction of sp³-hybridized carbons (Fsp3) is 0.471. The van der Waals surface area contributed by atoms with Crippen LogP contribution in [0.5, 0.6) is 5.75 Å². The SMILES string of the molecule is COc1ccc(-c2nc(-c3ccccc3)nc3c2C[C@H]2[C@H]4CC=C5C[C@@H](O)CC[C@]5(C)[C@H]4CC[C@]32C)cc1. The molecule has 0 saturated heterocycles. The quantitative estimate of drug-likeness (QED) is 0.383. The van der Waals surface area contributed by atoms with Gasteiger partial charge >= 0.3 is 0 Å². The molecule has 3 aromatic rings. The summed E-state index contributed by atoms with van der Waals surface area (Å²) in [6.07, 6.45) is 9.87. The molecule has 0 bridgehead atoms. The second-order valence-corrected chi connectivity index (χ2v) is 12.6. The lowest BCUT2D eigenvalue weighted by molar-refractivity contribution is -0.0169. The Bertz CT molecular complexity index is 1400. The summed E-state index contributed by atoms with van der Waals surface area (Å²) in [5, 5.41) is 10.4. The van der Waals surface area contributed by atoms with Crippen LogP contribution in [0.3, 0.4) is 0 Å². The number of aromatic nitrogens is 2. The molecule has 2 aromatic carbocycles. The van der Waals surface area contributed by atoms with Gasteiger partial charge in [-0.1, -0.05) is 55.8 Å². The molecule has 4 heteroatoms. The van der Waals surface area contributed by atoms with E-state index < -0.39 is 0 Å². The van der Waals surface area contributed by atoms with Gasteiger partial charge in [0.1, 0.15) is 5.75 Å². The first kappa shape index (κ1) is 24.1. The van der Waals surface area contributed by atoms with Crippen molar-refractivity contribution in [2.24, 2.45) is 23.2 Å². The van der Waals surface area contributed by atoms with E-state index in [0.29, 0.717) is 17.8 Å². The van der Waals surface area contributed by atoms with Gasteiger partial charge in [0.2, 0.25) is 0 Å². The van der Waals surface area contributed by atoms with Crippen LogP contribution in [0.1, 0.15) is 63.6 Å². The Morgan fingerprint density at radius 2 is 1.61 bits per heavy atom. The maximum absolute atomic E-state index is 10.4. The van der Waals surface area contributed by atoms with Crippen LogP contribution in [-0.2, 0) is 11.8 Å². The van der Waals surface area contributed by atoms with Crippen molar-refractivity contribution in [1.82, 2.24) is 9.97 Å². The summed E-state index contributed by atoms with van der Waals surface area (Å²) in [7, 11) is 1.71. The number of aliphatic hydroxyl groups is 1. The van der Waals surface area contributed by atoms with Crippen molar-refractivity contribution in [1.29, 1.82) is 0 Å². The van der Waals surface area contributed by atoms with E-state index >= 15 is 0 Å². The van der Waals surface area contributed by atoms with E-state index in [-0.39, 0.29) is 16.9 Å². The highest BCUT2D eigenvalue weighted by Gasteiger charge is 2.58. The minimum absolute atomic E-state index is 0.0556. The summed E-state index contributed by atoms with van der Waals surface area (Å²) in [6, 6.07) is 18.8. The molecule has 7 rings (SSSR count). The zero-order valence-corrected chi connectivity index (χ0v) is 22.8. The van der Waals surface area contributed by atoms with Crippen molar-refractivity contribution in [3.05, 3.63) is 77.5 Å². The molecule has 0 aliphatic heterocycles. The van der Waals surface area contributed by atoms with Crippen molar-refractivity contribution in [2.45, 2.75) is 70.3 Å². The first-order valence-electron chi connectivity index (χ1n) is 14.4. The van der Waals surface area contributed by atoms with Gasteiger partial charge in [0.25, 0.3) is 0 Å². The molecule has 2 fully saturated rings. The highest BCUT2D eigenvalue weighted by Crippen LogP contribution is 2.64. The number of allylic oxidation sites excluding steroid dienone is 1. The van der Waals surface area contributed by atoms with Crippen LogP contribution in [0.15, 0.2) is 66.2 Å².